The quantitative estimate of drug-likeness (QED) is 0.631. The molecule has 1 amide bonds. The zero-order valence-electron chi connectivity index (χ0n) is 10.7. The van der Waals surface area contributed by atoms with E-state index in [1.165, 1.54) is 0 Å². The second-order valence-corrected chi connectivity index (χ2v) is 4.32. The van der Waals surface area contributed by atoms with Crippen molar-refractivity contribution in [3.8, 4) is 0 Å². The van der Waals surface area contributed by atoms with E-state index >= 15 is 0 Å². The number of nitro benzene ring substituents is 1. The van der Waals surface area contributed by atoms with E-state index in [9.17, 15) is 19.3 Å². The molecular formula is C12H16FN3O3. The number of nitrogens with one attached hydrogen (secondary N) is 1. The van der Waals surface area contributed by atoms with Crippen LogP contribution in [-0.2, 0) is 4.79 Å². The van der Waals surface area contributed by atoms with Gasteiger partial charge in [-0.1, -0.05) is 20.3 Å². The van der Waals surface area contributed by atoms with Crippen LogP contribution in [0.15, 0.2) is 18.2 Å². The van der Waals surface area contributed by atoms with Crippen LogP contribution in [0.5, 0.6) is 0 Å². The van der Waals surface area contributed by atoms with Crippen LogP contribution in [0.2, 0.25) is 0 Å². The Morgan fingerprint density at radius 2 is 2.21 bits per heavy atom. The summed E-state index contributed by atoms with van der Waals surface area (Å²) in [7, 11) is 0. The lowest BCUT2D eigenvalue weighted by Crippen LogP contribution is -2.40. The summed E-state index contributed by atoms with van der Waals surface area (Å²) in [6.07, 6.45) is 0.708. The highest BCUT2D eigenvalue weighted by Crippen LogP contribution is 2.25. The minimum absolute atomic E-state index is 0.0560. The van der Waals surface area contributed by atoms with Crippen LogP contribution in [0, 0.1) is 21.8 Å². The van der Waals surface area contributed by atoms with E-state index in [1.807, 2.05) is 13.8 Å². The van der Waals surface area contributed by atoms with Crippen LogP contribution >= 0.6 is 0 Å². The summed E-state index contributed by atoms with van der Waals surface area (Å²) in [5.74, 6) is -1.32. The van der Waals surface area contributed by atoms with Crippen molar-refractivity contribution in [3.05, 3.63) is 34.1 Å². The number of nitro groups is 1. The summed E-state index contributed by atoms with van der Waals surface area (Å²) in [4.78, 5) is 21.8. The lowest BCUT2D eigenvalue weighted by molar-refractivity contribution is -0.384. The van der Waals surface area contributed by atoms with Gasteiger partial charge in [-0.3, -0.25) is 14.9 Å². The summed E-state index contributed by atoms with van der Waals surface area (Å²) >= 11 is 0. The third kappa shape index (κ3) is 3.72. The fourth-order valence-corrected chi connectivity index (χ4v) is 1.49. The number of benzene rings is 1. The third-order valence-electron chi connectivity index (χ3n) is 2.97. The Labute approximate surface area is 109 Å². The lowest BCUT2D eigenvalue weighted by atomic mass is 9.99. The Morgan fingerprint density at radius 1 is 1.58 bits per heavy atom. The highest BCUT2D eigenvalue weighted by atomic mass is 19.1. The molecule has 0 aliphatic rings. The predicted octanol–water partition coefficient (Wildman–Crippen LogP) is 2.05. The molecular weight excluding hydrogens is 253 g/mol. The second-order valence-electron chi connectivity index (χ2n) is 4.32. The van der Waals surface area contributed by atoms with Gasteiger partial charge in [-0.05, 0) is 18.1 Å². The molecule has 1 aromatic carbocycles. The minimum Gasteiger partial charge on any atom is -0.320 e. The van der Waals surface area contributed by atoms with E-state index in [-0.39, 0.29) is 11.6 Å². The maximum atomic E-state index is 12.9. The van der Waals surface area contributed by atoms with Crippen molar-refractivity contribution in [3.63, 3.8) is 0 Å². The van der Waals surface area contributed by atoms with Gasteiger partial charge in [-0.15, -0.1) is 0 Å². The maximum Gasteiger partial charge on any atom is 0.295 e. The highest BCUT2D eigenvalue weighted by Gasteiger charge is 2.23. The van der Waals surface area contributed by atoms with E-state index in [0.717, 1.165) is 18.2 Å². The average molecular weight is 269 g/mol. The molecule has 1 aromatic rings. The number of hydrogen-bond acceptors (Lipinski definition) is 4. The minimum atomic E-state index is -0.769. The maximum absolute atomic E-state index is 12.9. The number of nitrogens with two attached hydrogens (primary N) is 1. The molecule has 19 heavy (non-hydrogen) atoms. The molecule has 0 spiro atoms. The monoisotopic (exact) mass is 269 g/mol. The predicted molar refractivity (Wildman–Crippen MR) is 69.1 cm³/mol. The molecule has 0 aliphatic carbocycles. The summed E-state index contributed by atoms with van der Waals surface area (Å²) in [5, 5.41) is 13.1. The van der Waals surface area contributed by atoms with E-state index in [2.05, 4.69) is 5.32 Å². The van der Waals surface area contributed by atoms with Gasteiger partial charge < -0.3 is 11.1 Å². The summed E-state index contributed by atoms with van der Waals surface area (Å²) in [5.41, 5.74) is 5.16. The van der Waals surface area contributed by atoms with Gasteiger partial charge in [0, 0.05) is 0 Å². The standard InChI is InChI=1S/C12H16FN3O3/c1-3-7(2)11(14)12(17)15-9-5-4-8(13)6-10(9)16(18)19/h4-7,11H,3,14H2,1-2H3,(H,15,17). The van der Waals surface area contributed by atoms with Gasteiger partial charge in [0.1, 0.15) is 11.5 Å². The van der Waals surface area contributed by atoms with Crippen molar-refractivity contribution in [1.29, 1.82) is 0 Å². The number of rotatable bonds is 5. The van der Waals surface area contributed by atoms with Gasteiger partial charge in [0.05, 0.1) is 17.0 Å². The van der Waals surface area contributed by atoms with Crippen LogP contribution in [0.3, 0.4) is 0 Å². The average Bonchev–Trinajstić information content (AvgIpc) is 2.38. The number of halogens is 1. The first kappa shape index (κ1) is 15.0. The number of carbonyl (C=O) groups is 1. The lowest BCUT2D eigenvalue weighted by Gasteiger charge is -2.17. The Bertz CT molecular complexity index is 493. The van der Waals surface area contributed by atoms with E-state index < -0.39 is 28.4 Å². The number of carbonyl (C=O) groups excluding carboxylic acids is 1. The van der Waals surface area contributed by atoms with Crippen molar-refractivity contribution in [2.75, 3.05) is 5.32 Å². The molecule has 3 N–H and O–H groups in total. The second kappa shape index (κ2) is 6.24. The Balaban J connectivity index is 2.94. The zero-order valence-corrected chi connectivity index (χ0v) is 10.7. The van der Waals surface area contributed by atoms with Gasteiger partial charge >= 0.3 is 0 Å². The molecule has 0 fully saturated rings. The van der Waals surface area contributed by atoms with Gasteiger partial charge in [0.25, 0.3) is 5.69 Å². The van der Waals surface area contributed by atoms with E-state index in [1.54, 1.807) is 0 Å². The molecule has 0 heterocycles. The SMILES string of the molecule is CCC(C)C(N)C(=O)Nc1ccc(F)cc1[N+](=O)[O-]. The summed E-state index contributed by atoms with van der Waals surface area (Å²) < 4.78 is 12.9. The van der Waals surface area contributed by atoms with Crippen molar-refractivity contribution in [1.82, 2.24) is 0 Å². The molecule has 0 saturated carbocycles. The topological polar surface area (TPSA) is 98.3 Å². The normalized spacial score (nSPS) is 13.7. The van der Waals surface area contributed by atoms with Crippen LogP contribution in [-0.4, -0.2) is 16.9 Å². The van der Waals surface area contributed by atoms with Gasteiger partial charge in [-0.25, -0.2) is 4.39 Å². The molecule has 0 aromatic heterocycles. The van der Waals surface area contributed by atoms with Crippen LogP contribution in [0.25, 0.3) is 0 Å². The summed E-state index contributed by atoms with van der Waals surface area (Å²) in [6.45, 7) is 3.70. The first-order valence-electron chi connectivity index (χ1n) is 5.87. The molecule has 1 rings (SSSR count). The molecule has 0 saturated heterocycles. The van der Waals surface area contributed by atoms with Crippen molar-refractivity contribution in [2.45, 2.75) is 26.3 Å². The van der Waals surface area contributed by atoms with Crippen molar-refractivity contribution < 1.29 is 14.1 Å². The van der Waals surface area contributed by atoms with Gasteiger partial charge in [0.15, 0.2) is 0 Å². The van der Waals surface area contributed by atoms with E-state index in [0.29, 0.717) is 6.42 Å². The van der Waals surface area contributed by atoms with Crippen molar-refractivity contribution in [2.24, 2.45) is 11.7 Å². The number of nitrogens with zero attached hydrogens (tertiary/aromatic N) is 1. The Hall–Kier alpha value is -2.02. The Kier molecular flexibility index (Phi) is 4.94. The highest BCUT2D eigenvalue weighted by molar-refractivity contribution is 5.96. The van der Waals surface area contributed by atoms with Crippen molar-refractivity contribution >= 4 is 17.3 Å². The molecule has 2 atom stereocenters. The van der Waals surface area contributed by atoms with Crippen LogP contribution < -0.4 is 11.1 Å². The fourth-order valence-electron chi connectivity index (χ4n) is 1.49. The molecule has 6 nitrogen and oxygen atoms in total. The smallest absolute Gasteiger partial charge is 0.295 e. The molecule has 0 radical (unpaired) electrons. The molecule has 7 heteroatoms. The largest absolute Gasteiger partial charge is 0.320 e. The fraction of sp³-hybridized carbons (Fsp3) is 0.417. The third-order valence-corrected chi connectivity index (χ3v) is 2.97. The van der Waals surface area contributed by atoms with Crippen LogP contribution in [0.4, 0.5) is 15.8 Å². The first-order chi connectivity index (χ1) is 8.86. The number of amides is 1. The molecule has 2 unspecified atom stereocenters. The van der Waals surface area contributed by atoms with Gasteiger partial charge in [-0.2, -0.15) is 0 Å². The number of anilines is 1. The van der Waals surface area contributed by atoms with E-state index in [4.69, 9.17) is 5.73 Å². The first-order valence-corrected chi connectivity index (χ1v) is 5.87. The van der Waals surface area contributed by atoms with Crippen LogP contribution in [0.1, 0.15) is 20.3 Å². The summed E-state index contributed by atoms with van der Waals surface area (Å²) in [6, 6.07) is 2.17. The Morgan fingerprint density at radius 3 is 2.74 bits per heavy atom. The van der Waals surface area contributed by atoms with Gasteiger partial charge in [0.2, 0.25) is 5.91 Å². The zero-order chi connectivity index (χ0) is 14.6. The molecule has 104 valence electrons. The molecule has 0 bridgehead atoms. The molecule has 0 aliphatic heterocycles. The number of hydrogen-bond donors (Lipinski definition) is 2.